The van der Waals surface area contributed by atoms with Crippen LogP contribution in [-0.4, -0.2) is 23.5 Å². The van der Waals surface area contributed by atoms with Crippen LogP contribution in [0.15, 0.2) is 24.3 Å². The molecule has 0 aromatic heterocycles. The largest absolute Gasteiger partial charge is 0.416 e. The molecule has 0 radical (unpaired) electrons. The number of halogens is 3. The second-order valence-corrected chi connectivity index (χ2v) is 5.95. The second-order valence-electron chi connectivity index (χ2n) is 5.95. The van der Waals surface area contributed by atoms with Crippen LogP contribution >= 0.6 is 0 Å². The Hall–Kier alpha value is -1.07. The molecule has 0 saturated carbocycles. The maximum absolute atomic E-state index is 12.6. The Kier molecular flexibility index (Phi) is 4.12. The summed E-state index contributed by atoms with van der Waals surface area (Å²) in [6.07, 6.45) is -1.99. The zero-order valence-corrected chi connectivity index (χ0v) is 11.9. The molecule has 1 atom stereocenters. The SMILES string of the molecule is CC(C)(C(N)c1ccc(C(F)(F)F)cc1)N1CCCC1. The molecule has 2 rings (SSSR count). The van der Waals surface area contributed by atoms with Crippen LogP contribution in [0.3, 0.4) is 0 Å². The van der Waals surface area contributed by atoms with Crippen molar-refractivity contribution in [2.45, 2.75) is 44.4 Å². The Morgan fingerprint density at radius 2 is 1.55 bits per heavy atom. The van der Waals surface area contributed by atoms with Crippen molar-refractivity contribution in [2.24, 2.45) is 5.73 Å². The first-order valence-corrected chi connectivity index (χ1v) is 6.91. The normalized spacial score (nSPS) is 19.3. The molecule has 0 amide bonds. The zero-order chi connectivity index (χ0) is 15.0. The molecule has 20 heavy (non-hydrogen) atoms. The minimum absolute atomic E-state index is 0.254. The third kappa shape index (κ3) is 2.99. The Bertz CT molecular complexity index is 445. The van der Waals surface area contributed by atoms with Gasteiger partial charge < -0.3 is 5.73 Å². The summed E-state index contributed by atoms with van der Waals surface area (Å²) >= 11 is 0. The summed E-state index contributed by atoms with van der Waals surface area (Å²) in [6.45, 7) is 6.12. The molecule has 1 heterocycles. The highest BCUT2D eigenvalue weighted by Crippen LogP contribution is 2.34. The van der Waals surface area contributed by atoms with Crippen molar-refractivity contribution in [2.75, 3.05) is 13.1 Å². The van der Waals surface area contributed by atoms with Gasteiger partial charge in [0.05, 0.1) is 5.56 Å². The topological polar surface area (TPSA) is 29.3 Å². The minimum Gasteiger partial charge on any atom is -0.322 e. The predicted octanol–water partition coefficient (Wildman–Crippen LogP) is 3.58. The van der Waals surface area contributed by atoms with Gasteiger partial charge in [0.15, 0.2) is 0 Å². The molecule has 1 aromatic carbocycles. The summed E-state index contributed by atoms with van der Waals surface area (Å²) in [5.41, 5.74) is 6.15. The van der Waals surface area contributed by atoms with Gasteiger partial charge in [0.2, 0.25) is 0 Å². The van der Waals surface area contributed by atoms with Gasteiger partial charge in [-0.05, 0) is 57.5 Å². The van der Waals surface area contributed by atoms with Gasteiger partial charge >= 0.3 is 6.18 Å². The molecular formula is C15H21F3N2. The summed E-state index contributed by atoms with van der Waals surface area (Å²) in [7, 11) is 0. The number of likely N-dealkylation sites (tertiary alicyclic amines) is 1. The number of nitrogens with zero attached hydrogens (tertiary/aromatic N) is 1. The lowest BCUT2D eigenvalue weighted by atomic mass is 9.87. The maximum Gasteiger partial charge on any atom is 0.416 e. The van der Waals surface area contributed by atoms with E-state index in [2.05, 4.69) is 18.7 Å². The van der Waals surface area contributed by atoms with Crippen LogP contribution in [0.4, 0.5) is 13.2 Å². The Morgan fingerprint density at radius 3 is 2.00 bits per heavy atom. The summed E-state index contributed by atoms with van der Waals surface area (Å²) in [4.78, 5) is 2.31. The molecule has 1 aliphatic rings. The van der Waals surface area contributed by atoms with E-state index in [-0.39, 0.29) is 11.6 Å². The molecular weight excluding hydrogens is 265 g/mol. The summed E-state index contributed by atoms with van der Waals surface area (Å²) < 4.78 is 37.7. The van der Waals surface area contributed by atoms with E-state index in [9.17, 15) is 13.2 Å². The van der Waals surface area contributed by atoms with E-state index >= 15 is 0 Å². The molecule has 1 saturated heterocycles. The van der Waals surface area contributed by atoms with Crippen LogP contribution in [0.5, 0.6) is 0 Å². The lowest BCUT2D eigenvalue weighted by Crippen LogP contribution is -2.49. The molecule has 0 spiro atoms. The van der Waals surface area contributed by atoms with Crippen molar-refractivity contribution in [3.05, 3.63) is 35.4 Å². The smallest absolute Gasteiger partial charge is 0.322 e. The highest BCUT2D eigenvalue weighted by molar-refractivity contribution is 5.28. The summed E-state index contributed by atoms with van der Waals surface area (Å²) in [6, 6.07) is 4.89. The fourth-order valence-corrected chi connectivity index (χ4v) is 2.78. The molecule has 2 nitrogen and oxygen atoms in total. The Balaban J connectivity index is 2.18. The molecule has 5 heteroatoms. The van der Waals surface area contributed by atoms with Crippen LogP contribution < -0.4 is 5.73 Å². The Labute approximate surface area is 117 Å². The third-order valence-corrected chi connectivity index (χ3v) is 4.28. The van der Waals surface area contributed by atoms with Gasteiger partial charge in [-0.1, -0.05) is 12.1 Å². The predicted molar refractivity (Wildman–Crippen MR) is 73.3 cm³/mol. The molecule has 1 aliphatic heterocycles. The van der Waals surface area contributed by atoms with Gasteiger partial charge in [0, 0.05) is 11.6 Å². The quantitative estimate of drug-likeness (QED) is 0.920. The van der Waals surface area contributed by atoms with E-state index in [1.165, 1.54) is 12.1 Å². The van der Waals surface area contributed by atoms with Gasteiger partial charge in [0.1, 0.15) is 0 Å². The van der Waals surface area contributed by atoms with Crippen molar-refractivity contribution < 1.29 is 13.2 Å². The standard InChI is InChI=1S/C15H21F3N2/c1-14(2,20-9-3-4-10-20)13(19)11-5-7-12(8-6-11)15(16,17)18/h5-8,13H,3-4,9-10,19H2,1-2H3. The molecule has 1 aromatic rings. The lowest BCUT2D eigenvalue weighted by molar-refractivity contribution is -0.137. The average molecular weight is 286 g/mol. The molecule has 0 bridgehead atoms. The van der Waals surface area contributed by atoms with Crippen LogP contribution in [0.2, 0.25) is 0 Å². The molecule has 1 fully saturated rings. The number of hydrogen-bond acceptors (Lipinski definition) is 2. The first-order chi connectivity index (χ1) is 9.23. The highest BCUT2D eigenvalue weighted by Gasteiger charge is 2.36. The van der Waals surface area contributed by atoms with Gasteiger partial charge in [-0.15, -0.1) is 0 Å². The maximum atomic E-state index is 12.6. The van der Waals surface area contributed by atoms with Gasteiger partial charge in [-0.25, -0.2) is 0 Å². The number of rotatable bonds is 3. The number of benzene rings is 1. The van der Waals surface area contributed by atoms with E-state index in [1.54, 1.807) is 0 Å². The summed E-state index contributed by atoms with van der Waals surface area (Å²) in [5.74, 6) is 0. The average Bonchev–Trinajstić information content (AvgIpc) is 2.91. The lowest BCUT2D eigenvalue weighted by Gasteiger charge is -2.40. The van der Waals surface area contributed by atoms with Crippen LogP contribution in [0, 0.1) is 0 Å². The van der Waals surface area contributed by atoms with Crippen LogP contribution in [-0.2, 0) is 6.18 Å². The highest BCUT2D eigenvalue weighted by atomic mass is 19.4. The second kappa shape index (κ2) is 5.37. The zero-order valence-electron chi connectivity index (χ0n) is 11.9. The molecule has 112 valence electrons. The van der Waals surface area contributed by atoms with Gasteiger partial charge in [-0.3, -0.25) is 4.90 Å². The minimum atomic E-state index is -4.30. The first kappa shape index (κ1) is 15.3. The van der Waals surface area contributed by atoms with Crippen molar-refractivity contribution in [1.82, 2.24) is 4.90 Å². The van der Waals surface area contributed by atoms with Crippen molar-refractivity contribution in [1.29, 1.82) is 0 Å². The van der Waals surface area contributed by atoms with Crippen molar-refractivity contribution >= 4 is 0 Å². The van der Waals surface area contributed by atoms with E-state index < -0.39 is 11.7 Å². The fraction of sp³-hybridized carbons (Fsp3) is 0.600. The van der Waals surface area contributed by atoms with E-state index in [1.807, 2.05) is 0 Å². The van der Waals surface area contributed by atoms with E-state index in [0.29, 0.717) is 0 Å². The van der Waals surface area contributed by atoms with Gasteiger partial charge in [0.25, 0.3) is 0 Å². The first-order valence-electron chi connectivity index (χ1n) is 6.91. The Morgan fingerprint density at radius 1 is 1.05 bits per heavy atom. The van der Waals surface area contributed by atoms with Crippen LogP contribution in [0.25, 0.3) is 0 Å². The molecule has 2 N–H and O–H groups in total. The third-order valence-electron chi connectivity index (χ3n) is 4.28. The number of alkyl halides is 3. The fourth-order valence-electron chi connectivity index (χ4n) is 2.78. The van der Waals surface area contributed by atoms with E-state index in [0.717, 1.165) is 43.6 Å². The summed E-state index contributed by atoms with van der Waals surface area (Å²) in [5, 5.41) is 0. The monoisotopic (exact) mass is 286 g/mol. The number of nitrogens with two attached hydrogens (primary N) is 1. The van der Waals surface area contributed by atoms with E-state index in [4.69, 9.17) is 5.73 Å². The number of hydrogen-bond donors (Lipinski definition) is 1. The van der Waals surface area contributed by atoms with Gasteiger partial charge in [-0.2, -0.15) is 13.2 Å². The van der Waals surface area contributed by atoms with Crippen molar-refractivity contribution in [3.63, 3.8) is 0 Å². The van der Waals surface area contributed by atoms with Crippen LogP contribution in [0.1, 0.15) is 43.9 Å². The molecule has 1 unspecified atom stereocenters. The molecule has 0 aliphatic carbocycles. The van der Waals surface area contributed by atoms with Crippen molar-refractivity contribution in [3.8, 4) is 0 Å².